The largest absolute Gasteiger partial charge is 0.504 e. The van der Waals surface area contributed by atoms with Gasteiger partial charge in [-0.25, -0.2) is 0 Å². The molecule has 0 saturated heterocycles. The van der Waals surface area contributed by atoms with E-state index in [0.717, 1.165) is 12.2 Å². The highest BCUT2D eigenvalue weighted by atomic mass is 16.5. The summed E-state index contributed by atoms with van der Waals surface area (Å²) in [6.07, 6.45) is 0.935. The van der Waals surface area contributed by atoms with Gasteiger partial charge in [0.2, 0.25) is 0 Å². The maximum Gasteiger partial charge on any atom is 0.160 e. The van der Waals surface area contributed by atoms with Gasteiger partial charge in [0, 0.05) is 11.5 Å². The smallest absolute Gasteiger partial charge is 0.160 e. The van der Waals surface area contributed by atoms with E-state index in [1.54, 1.807) is 18.2 Å². The SMILES string of the molecule is Oc1ccccc1OCC1CCOc2ccccc21. The zero-order chi connectivity index (χ0) is 13.1. The van der Waals surface area contributed by atoms with Crippen molar-refractivity contribution in [1.29, 1.82) is 0 Å². The summed E-state index contributed by atoms with van der Waals surface area (Å²) in [6.45, 7) is 1.27. The lowest BCUT2D eigenvalue weighted by Gasteiger charge is -2.25. The molecule has 19 heavy (non-hydrogen) atoms. The second-order valence-electron chi connectivity index (χ2n) is 4.65. The Balaban J connectivity index is 1.73. The average Bonchev–Trinajstić information content (AvgIpc) is 2.46. The summed E-state index contributed by atoms with van der Waals surface area (Å²) in [7, 11) is 0. The normalized spacial score (nSPS) is 17.4. The van der Waals surface area contributed by atoms with Gasteiger partial charge in [-0.3, -0.25) is 0 Å². The van der Waals surface area contributed by atoms with E-state index in [-0.39, 0.29) is 5.75 Å². The fraction of sp³-hybridized carbons (Fsp3) is 0.250. The van der Waals surface area contributed by atoms with Crippen molar-refractivity contribution < 1.29 is 14.6 Å². The Bertz CT molecular complexity index is 565. The number of fused-ring (bicyclic) bond motifs is 1. The van der Waals surface area contributed by atoms with Gasteiger partial charge in [0.15, 0.2) is 11.5 Å². The predicted molar refractivity (Wildman–Crippen MR) is 72.9 cm³/mol. The molecular weight excluding hydrogens is 240 g/mol. The Morgan fingerprint density at radius 2 is 1.89 bits per heavy atom. The summed E-state index contributed by atoms with van der Waals surface area (Å²) < 4.78 is 11.4. The van der Waals surface area contributed by atoms with E-state index in [0.29, 0.717) is 24.9 Å². The van der Waals surface area contributed by atoms with Gasteiger partial charge in [-0.2, -0.15) is 0 Å². The molecule has 2 aromatic carbocycles. The van der Waals surface area contributed by atoms with E-state index in [1.165, 1.54) is 5.56 Å². The van der Waals surface area contributed by atoms with Crippen molar-refractivity contribution in [3.05, 3.63) is 54.1 Å². The molecule has 3 nitrogen and oxygen atoms in total. The topological polar surface area (TPSA) is 38.7 Å². The maximum absolute atomic E-state index is 9.69. The van der Waals surface area contributed by atoms with Gasteiger partial charge in [0.1, 0.15) is 5.75 Å². The van der Waals surface area contributed by atoms with Crippen molar-refractivity contribution in [2.24, 2.45) is 0 Å². The molecule has 0 aliphatic carbocycles. The molecule has 98 valence electrons. The van der Waals surface area contributed by atoms with Gasteiger partial charge in [0.05, 0.1) is 13.2 Å². The second-order valence-corrected chi connectivity index (χ2v) is 4.65. The lowest BCUT2D eigenvalue weighted by molar-refractivity contribution is 0.213. The van der Waals surface area contributed by atoms with Gasteiger partial charge in [-0.1, -0.05) is 30.3 Å². The van der Waals surface area contributed by atoms with Crippen LogP contribution in [0.1, 0.15) is 17.9 Å². The number of benzene rings is 2. The third kappa shape index (κ3) is 2.50. The number of para-hydroxylation sites is 3. The number of hydrogen-bond acceptors (Lipinski definition) is 3. The van der Waals surface area contributed by atoms with Crippen molar-refractivity contribution >= 4 is 0 Å². The molecule has 1 aliphatic rings. The van der Waals surface area contributed by atoms with Crippen LogP contribution in [0.5, 0.6) is 17.2 Å². The molecule has 0 amide bonds. The molecule has 1 N–H and O–H groups in total. The summed E-state index contributed by atoms with van der Waals surface area (Å²) in [4.78, 5) is 0. The van der Waals surface area contributed by atoms with Gasteiger partial charge in [0.25, 0.3) is 0 Å². The van der Waals surface area contributed by atoms with Gasteiger partial charge >= 0.3 is 0 Å². The molecule has 0 aromatic heterocycles. The molecule has 2 aromatic rings. The molecule has 1 aliphatic heterocycles. The fourth-order valence-corrected chi connectivity index (χ4v) is 2.36. The Morgan fingerprint density at radius 3 is 2.79 bits per heavy atom. The molecule has 3 heteroatoms. The summed E-state index contributed by atoms with van der Waals surface area (Å²) in [6, 6.07) is 15.1. The molecule has 1 atom stereocenters. The van der Waals surface area contributed by atoms with E-state index in [2.05, 4.69) is 6.07 Å². The zero-order valence-corrected chi connectivity index (χ0v) is 10.6. The monoisotopic (exact) mass is 256 g/mol. The van der Waals surface area contributed by atoms with Crippen LogP contribution in [0.15, 0.2) is 48.5 Å². The first-order valence-electron chi connectivity index (χ1n) is 6.47. The highest BCUT2D eigenvalue weighted by molar-refractivity contribution is 5.40. The van der Waals surface area contributed by atoms with Crippen LogP contribution in [0, 0.1) is 0 Å². The van der Waals surface area contributed by atoms with E-state index in [4.69, 9.17) is 9.47 Å². The lowest BCUT2D eigenvalue weighted by Crippen LogP contribution is -2.19. The molecule has 1 heterocycles. The van der Waals surface area contributed by atoms with E-state index in [1.807, 2.05) is 24.3 Å². The highest BCUT2D eigenvalue weighted by Crippen LogP contribution is 2.34. The molecular formula is C16H16O3. The average molecular weight is 256 g/mol. The van der Waals surface area contributed by atoms with Crippen molar-refractivity contribution in [1.82, 2.24) is 0 Å². The Hall–Kier alpha value is -2.16. The van der Waals surface area contributed by atoms with E-state index in [9.17, 15) is 5.11 Å². The van der Waals surface area contributed by atoms with Crippen LogP contribution < -0.4 is 9.47 Å². The summed E-state index contributed by atoms with van der Waals surface area (Å²) in [5.74, 6) is 1.97. The lowest BCUT2D eigenvalue weighted by atomic mass is 9.94. The molecule has 0 saturated carbocycles. The summed E-state index contributed by atoms with van der Waals surface area (Å²) in [5, 5.41) is 9.69. The standard InChI is InChI=1S/C16H16O3/c17-14-6-2-4-8-16(14)19-11-12-9-10-18-15-7-3-1-5-13(12)15/h1-8,12,17H,9-11H2. The Morgan fingerprint density at radius 1 is 1.11 bits per heavy atom. The zero-order valence-electron chi connectivity index (χ0n) is 10.6. The maximum atomic E-state index is 9.69. The third-order valence-corrected chi connectivity index (χ3v) is 3.39. The number of phenols is 1. The third-order valence-electron chi connectivity index (χ3n) is 3.39. The fourth-order valence-electron chi connectivity index (χ4n) is 2.36. The number of aromatic hydroxyl groups is 1. The number of ether oxygens (including phenoxy) is 2. The quantitative estimate of drug-likeness (QED) is 0.915. The number of rotatable bonds is 3. The minimum Gasteiger partial charge on any atom is -0.504 e. The van der Waals surface area contributed by atoms with Crippen LogP contribution in [0.3, 0.4) is 0 Å². The number of hydrogen-bond donors (Lipinski definition) is 1. The molecule has 3 rings (SSSR count). The van der Waals surface area contributed by atoms with E-state index >= 15 is 0 Å². The van der Waals surface area contributed by atoms with Crippen LogP contribution in [-0.4, -0.2) is 18.3 Å². The minimum absolute atomic E-state index is 0.183. The first kappa shape index (κ1) is 11.9. The first-order valence-corrected chi connectivity index (χ1v) is 6.47. The van der Waals surface area contributed by atoms with Crippen molar-refractivity contribution in [3.8, 4) is 17.2 Å². The van der Waals surface area contributed by atoms with Gasteiger partial charge in [-0.05, 0) is 24.6 Å². The van der Waals surface area contributed by atoms with Gasteiger partial charge < -0.3 is 14.6 Å². The Labute approximate surface area is 112 Å². The number of phenolic OH excluding ortho intramolecular Hbond substituents is 1. The van der Waals surface area contributed by atoms with Crippen molar-refractivity contribution in [3.63, 3.8) is 0 Å². The Kier molecular flexibility index (Phi) is 3.27. The van der Waals surface area contributed by atoms with Crippen molar-refractivity contribution in [2.75, 3.05) is 13.2 Å². The highest BCUT2D eigenvalue weighted by Gasteiger charge is 2.21. The molecule has 0 bridgehead atoms. The van der Waals surface area contributed by atoms with Crippen LogP contribution in [0.25, 0.3) is 0 Å². The van der Waals surface area contributed by atoms with E-state index < -0.39 is 0 Å². The first-order chi connectivity index (χ1) is 9.34. The molecule has 0 spiro atoms. The van der Waals surface area contributed by atoms with Crippen molar-refractivity contribution in [2.45, 2.75) is 12.3 Å². The molecule has 0 radical (unpaired) electrons. The molecule has 0 fully saturated rings. The van der Waals surface area contributed by atoms with Crippen LogP contribution in [-0.2, 0) is 0 Å². The minimum atomic E-state index is 0.183. The van der Waals surface area contributed by atoms with Crippen LogP contribution in [0.4, 0.5) is 0 Å². The summed E-state index contributed by atoms with van der Waals surface area (Å²) >= 11 is 0. The predicted octanol–water partition coefficient (Wildman–Crippen LogP) is 3.34. The summed E-state index contributed by atoms with van der Waals surface area (Å²) in [5.41, 5.74) is 1.18. The molecule has 1 unspecified atom stereocenters. The van der Waals surface area contributed by atoms with Crippen LogP contribution in [0.2, 0.25) is 0 Å². The van der Waals surface area contributed by atoms with Gasteiger partial charge in [-0.15, -0.1) is 0 Å². The second kappa shape index (κ2) is 5.22. The van der Waals surface area contributed by atoms with Crippen LogP contribution >= 0.6 is 0 Å².